The van der Waals surface area contributed by atoms with Gasteiger partial charge in [-0.15, -0.1) is 0 Å². The Morgan fingerprint density at radius 3 is 2.69 bits per heavy atom. The van der Waals surface area contributed by atoms with Crippen LogP contribution in [0.25, 0.3) is 0 Å². The lowest BCUT2D eigenvalue weighted by atomic mass is 10.1. The van der Waals surface area contributed by atoms with Crippen LogP contribution in [0, 0.1) is 11.6 Å². The number of fused-ring (bicyclic) bond motifs is 5. The number of aromatic nitrogens is 1. The number of amides is 2. The van der Waals surface area contributed by atoms with Crippen molar-refractivity contribution in [1.29, 1.82) is 0 Å². The van der Waals surface area contributed by atoms with E-state index in [9.17, 15) is 23.2 Å². The number of benzene rings is 1. The van der Waals surface area contributed by atoms with Gasteiger partial charge in [0.1, 0.15) is 17.2 Å². The summed E-state index contributed by atoms with van der Waals surface area (Å²) in [5, 5.41) is 2.49. The van der Waals surface area contributed by atoms with Gasteiger partial charge in [0.25, 0.3) is 11.8 Å². The number of hydrogen-bond acceptors (Lipinski definition) is 5. The normalized spacial score (nSPS) is 23.5. The summed E-state index contributed by atoms with van der Waals surface area (Å²) in [4.78, 5) is 40.7. The fourth-order valence-electron chi connectivity index (χ4n) is 4.88. The molecule has 2 fully saturated rings. The standard InChI is InChI=1S/C22H21F2N3O5/c1-31-20-18-22(30)27-14-2-3-15(7-14)32-17(27)10-26(18)9-16(19(20)28)21(29)25-8-11-4-12(23)6-13(24)5-11/h4-6,9,14-15,17H,2-3,7-8,10H2,1H3,(H,25,29)/t14-,15+,17+/m1/s1. The van der Waals surface area contributed by atoms with Gasteiger partial charge in [0.05, 0.1) is 19.8 Å². The molecular weight excluding hydrogens is 424 g/mol. The smallest absolute Gasteiger partial charge is 0.276 e. The molecule has 2 aliphatic heterocycles. The van der Waals surface area contributed by atoms with Gasteiger partial charge < -0.3 is 24.3 Å². The van der Waals surface area contributed by atoms with Crippen molar-refractivity contribution in [3.05, 3.63) is 63.1 Å². The SMILES string of the molecule is COc1c2n(cc(C(=O)NCc3cc(F)cc(F)c3)c1=O)C[C@@H]1O[C@H]3CC[C@H](C3)N1C2=O. The Hall–Kier alpha value is -3.27. The number of carbonyl (C=O) groups excluding carboxylic acids is 2. The second-order valence-electron chi connectivity index (χ2n) is 8.26. The van der Waals surface area contributed by atoms with Gasteiger partial charge in [-0.1, -0.05) is 0 Å². The lowest BCUT2D eigenvalue weighted by molar-refractivity contribution is -0.132. The number of nitrogens with one attached hydrogen (secondary N) is 1. The molecule has 1 aromatic heterocycles. The van der Waals surface area contributed by atoms with Gasteiger partial charge in [0.15, 0.2) is 17.7 Å². The van der Waals surface area contributed by atoms with E-state index in [1.165, 1.54) is 17.9 Å². The van der Waals surface area contributed by atoms with Gasteiger partial charge in [-0.25, -0.2) is 8.78 Å². The van der Waals surface area contributed by atoms with Crippen LogP contribution in [-0.2, 0) is 17.8 Å². The number of methoxy groups -OCH3 is 1. The summed E-state index contributed by atoms with van der Waals surface area (Å²) >= 11 is 0. The molecule has 1 aliphatic carbocycles. The molecule has 3 aliphatic rings. The Bertz CT molecular complexity index is 1160. The second kappa shape index (κ2) is 7.70. The summed E-state index contributed by atoms with van der Waals surface area (Å²) in [6.07, 6.45) is 3.45. The monoisotopic (exact) mass is 445 g/mol. The third-order valence-corrected chi connectivity index (χ3v) is 6.26. The summed E-state index contributed by atoms with van der Waals surface area (Å²) in [6.45, 7) is 0.0823. The average molecular weight is 445 g/mol. The Morgan fingerprint density at radius 2 is 1.97 bits per heavy atom. The number of halogens is 2. The van der Waals surface area contributed by atoms with Crippen LogP contribution in [-0.4, -0.2) is 46.8 Å². The molecule has 1 saturated carbocycles. The summed E-state index contributed by atoms with van der Waals surface area (Å²) in [6, 6.07) is 2.97. The van der Waals surface area contributed by atoms with E-state index in [1.807, 2.05) is 0 Å². The largest absolute Gasteiger partial charge is 0.491 e. The van der Waals surface area contributed by atoms with E-state index in [2.05, 4.69) is 5.32 Å². The van der Waals surface area contributed by atoms with Crippen LogP contribution < -0.4 is 15.5 Å². The van der Waals surface area contributed by atoms with Crippen molar-refractivity contribution in [2.24, 2.45) is 0 Å². The third kappa shape index (κ3) is 3.35. The van der Waals surface area contributed by atoms with Crippen LogP contribution in [0.2, 0.25) is 0 Å². The highest BCUT2D eigenvalue weighted by molar-refractivity contribution is 5.99. The first-order chi connectivity index (χ1) is 15.4. The molecule has 2 bridgehead atoms. The Balaban J connectivity index is 1.46. The molecule has 2 aromatic rings. The van der Waals surface area contributed by atoms with E-state index in [-0.39, 0.29) is 53.7 Å². The molecular formula is C22H21F2N3O5. The maximum Gasteiger partial charge on any atom is 0.276 e. The van der Waals surface area contributed by atoms with Crippen LogP contribution in [0.3, 0.4) is 0 Å². The lowest BCUT2D eigenvalue weighted by Gasteiger charge is -2.44. The van der Waals surface area contributed by atoms with Gasteiger partial charge in [0, 0.05) is 24.8 Å². The summed E-state index contributed by atoms with van der Waals surface area (Å²) < 4.78 is 39.6. The zero-order chi connectivity index (χ0) is 22.6. The van der Waals surface area contributed by atoms with Crippen molar-refractivity contribution >= 4 is 11.8 Å². The predicted octanol–water partition coefficient (Wildman–Crippen LogP) is 1.80. The number of ether oxygens (including phenoxy) is 2. The van der Waals surface area contributed by atoms with Gasteiger partial charge in [-0.2, -0.15) is 0 Å². The van der Waals surface area contributed by atoms with Crippen molar-refractivity contribution < 1.29 is 27.8 Å². The quantitative estimate of drug-likeness (QED) is 0.775. The topological polar surface area (TPSA) is 89.9 Å². The average Bonchev–Trinajstić information content (AvgIpc) is 3.12. The first kappa shape index (κ1) is 20.6. The van der Waals surface area contributed by atoms with Crippen molar-refractivity contribution in [3.8, 4) is 5.75 Å². The summed E-state index contributed by atoms with van der Waals surface area (Å²) in [5.41, 5.74) is -0.664. The predicted molar refractivity (Wildman–Crippen MR) is 107 cm³/mol. The van der Waals surface area contributed by atoms with E-state index in [0.29, 0.717) is 0 Å². The molecule has 3 heterocycles. The number of carbonyl (C=O) groups is 2. The molecule has 1 N–H and O–H groups in total. The van der Waals surface area contributed by atoms with Crippen LogP contribution in [0.15, 0.2) is 29.2 Å². The van der Waals surface area contributed by atoms with E-state index in [0.717, 1.165) is 37.5 Å². The van der Waals surface area contributed by atoms with E-state index < -0.39 is 29.2 Å². The van der Waals surface area contributed by atoms with Gasteiger partial charge >= 0.3 is 0 Å². The van der Waals surface area contributed by atoms with Gasteiger partial charge in [-0.05, 0) is 37.0 Å². The molecule has 5 rings (SSSR count). The molecule has 8 nitrogen and oxygen atoms in total. The third-order valence-electron chi connectivity index (χ3n) is 6.26. The van der Waals surface area contributed by atoms with Crippen molar-refractivity contribution in [1.82, 2.24) is 14.8 Å². The molecule has 1 aromatic carbocycles. The van der Waals surface area contributed by atoms with Crippen molar-refractivity contribution in [2.45, 2.75) is 50.7 Å². The minimum atomic E-state index is -0.769. The summed E-state index contributed by atoms with van der Waals surface area (Å²) in [7, 11) is 1.27. The number of nitrogens with zero attached hydrogens (tertiary/aromatic N) is 2. The molecule has 10 heteroatoms. The highest BCUT2D eigenvalue weighted by Crippen LogP contribution is 2.38. The van der Waals surface area contributed by atoms with E-state index in [4.69, 9.17) is 9.47 Å². The number of rotatable bonds is 4. The molecule has 0 spiro atoms. The molecule has 0 unspecified atom stereocenters. The highest BCUT2D eigenvalue weighted by atomic mass is 19.1. The minimum Gasteiger partial charge on any atom is -0.491 e. The Labute approximate surface area is 181 Å². The molecule has 0 radical (unpaired) electrons. The van der Waals surface area contributed by atoms with Gasteiger partial charge in [-0.3, -0.25) is 14.4 Å². The van der Waals surface area contributed by atoms with Crippen LogP contribution >= 0.6 is 0 Å². The van der Waals surface area contributed by atoms with Crippen LogP contribution in [0.1, 0.15) is 45.7 Å². The highest BCUT2D eigenvalue weighted by Gasteiger charge is 2.47. The van der Waals surface area contributed by atoms with Gasteiger partial charge in [0.2, 0.25) is 5.43 Å². The fraction of sp³-hybridized carbons (Fsp3) is 0.409. The fourth-order valence-corrected chi connectivity index (χ4v) is 4.88. The van der Waals surface area contributed by atoms with Crippen molar-refractivity contribution in [3.63, 3.8) is 0 Å². The first-order valence-electron chi connectivity index (χ1n) is 10.4. The molecule has 1 saturated heterocycles. The first-order valence-corrected chi connectivity index (χ1v) is 10.4. The maximum absolute atomic E-state index is 13.4. The number of hydrogen-bond donors (Lipinski definition) is 1. The van der Waals surface area contributed by atoms with Crippen LogP contribution in [0.4, 0.5) is 8.78 Å². The lowest BCUT2D eigenvalue weighted by Crippen LogP contribution is -2.57. The molecule has 2 amide bonds. The van der Waals surface area contributed by atoms with E-state index >= 15 is 0 Å². The van der Waals surface area contributed by atoms with Crippen LogP contribution in [0.5, 0.6) is 5.75 Å². The molecule has 168 valence electrons. The number of pyridine rings is 1. The van der Waals surface area contributed by atoms with Crippen molar-refractivity contribution in [2.75, 3.05) is 7.11 Å². The second-order valence-corrected chi connectivity index (χ2v) is 8.26. The Kier molecular flexibility index (Phi) is 4.96. The zero-order valence-corrected chi connectivity index (χ0v) is 17.3. The zero-order valence-electron chi connectivity index (χ0n) is 17.3. The maximum atomic E-state index is 13.4. The molecule has 32 heavy (non-hydrogen) atoms. The van der Waals surface area contributed by atoms with E-state index in [1.54, 1.807) is 4.90 Å². The Morgan fingerprint density at radius 1 is 1.22 bits per heavy atom. The summed E-state index contributed by atoms with van der Waals surface area (Å²) in [5.74, 6) is -2.85. The molecule has 3 atom stereocenters. The minimum absolute atomic E-state index is 0.0643.